The van der Waals surface area contributed by atoms with Gasteiger partial charge in [-0.15, -0.1) is 44.0 Å². The van der Waals surface area contributed by atoms with Crippen LogP contribution in [0.1, 0.15) is 132 Å². The summed E-state index contributed by atoms with van der Waals surface area (Å²) >= 11 is 6.32. The van der Waals surface area contributed by atoms with Crippen molar-refractivity contribution in [3.05, 3.63) is 38.9 Å². The van der Waals surface area contributed by atoms with Crippen LogP contribution >= 0.6 is 44.0 Å². The lowest BCUT2D eigenvalue weighted by Crippen LogP contribution is -2.14. The smallest absolute Gasteiger partial charge is 0.0584 e. The number of hydrogen-bond donors (Lipinski definition) is 0. The first kappa shape index (κ1) is 31.4. The van der Waals surface area contributed by atoms with Crippen LogP contribution < -0.4 is 0 Å². The molecular weight excluding hydrogens is 549 g/mol. The molecule has 0 saturated carbocycles. The summed E-state index contributed by atoms with van der Waals surface area (Å²) in [7, 11) is -1.18. The minimum atomic E-state index is -1.18. The van der Waals surface area contributed by atoms with Gasteiger partial charge in [0.2, 0.25) is 0 Å². The summed E-state index contributed by atoms with van der Waals surface area (Å²) in [5.41, 5.74) is 0. The van der Waals surface area contributed by atoms with Gasteiger partial charge in [-0.1, -0.05) is 97.8 Å². The lowest BCUT2D eigenvalue weighted by molar-refractivity contribution is 0.438. The van der Waals surface area contributed by atoms with Crippen LogP contribution in [0.4, 0.5) is 0 Å². The van der Waals surface area contributed by atoms with E-state index >= 15 is 0 Å². The SMILES string of the molecule is CCCCCCCCC(CCCCCC)CS1(c2ccc(CCCCC)s2)c2cc(C)sc2-c2sc(C)cc21. The Morgan fingerprint density at radius 2 is 1.13 bits per heavy atom. The zero-order chi connectivity index (χ0) is 27.7. The maximum Gasteiger partial charge on any atom is 0.0584 e. The van der Waals surface area contributed by atoms with Gasteiger partial charge in [0.15, 0.2) is 0 Å². The lowest BCUT2D eigenvalue weighted by Gasteiger charge is -2.39. The van der Waals surface area contributed by atoms with E-state index in [-0.39, 0.29) is 0 Å². The fraction of sp³-hybridized carbons (Fsp3) is 0.657. The molecule has 1 atom stereocenters. The quantitative estimate of drug-likeness (QED) is 0.120. The first-order valence-electron chi connectivity index (χ1n) is 16.1. The summed E-state index contributed by atoms with van der Waals surface area (Å²) in [6.45, 7) is 11.7. The maximum atomic E-state index is 2.62. The molecule has 4 rings (SSSR count). The molecule has 3 aromatic rings. The highest BCUT2D eigenvalue weighted by Gasteiger charge is 2.45. The van der Waals surface area contributed by atoms with Crippen LogP contribution in [0.2, 0.25) is 0 Å². The molecular formula is C35H54S4. The maximum absolute atomic E-state index is 2.62. The zero-order valence-corrected chi connectivity index (χ0v) is 28.8. The molecule has 0 bridgehead atoms. The summed E-state index contributed by atoms with van der Waals surface area (Å²) in [6.07, 6.45) is 22.2. The van der Waals surface area contributed by atoms with Gasteiger partial charge in [-0.2, -0.15) is 0 Å². The third-order valence-corrected chi connectivity index (χ3v) is 17.0. The molecule has 218 valence electrons. The molecule has 0 spiro atoms. The molecule has 1 aliphatic rings. The first-order chi connectivity index (χ1) is 19.0. The third kappa shape index (κ3) is 7.65. The standard InChI is InChI=1S/C35H54S4/c1-6-9-12-14-15-18-20-29(19-17-13-10-7-2)26-39(33-23-22-30(38-33)21-16-11-8-3)31-24-27(4)36-34(31)35-32(39)25-28(5)37-35/h22-25,29H,6-21,26H2,1-5H3. The molecule has 3 aromatic heterocycles. The highest BCUT2D eigenvalue weighted by Crippen LogP contribution is 2.80. The average Bonchev–Trinajstić information content (AvgIpc) is 3.68. The Kier molecular flexibility index (Phi) is 12.6. The number of aryl methyl sites for hydroxylation is 3. The first-order valence-corrected chi connectivity index (χ1v) is 20.4. The van der Waals surface area contributed by atoms with E-state index in [4.69, 9.17) is 0 Å². The zero-order valence-electron chi connectivity index (χ0n) is 25.5. The average molecular weight is 603 g/mol. The minimum Gasteiger partial charge on any atom is -0.148 e. The molecule has 0 amide bonds. The molecule has 0 nitrogen and oxygen atoms in total. The predicted octanol–water partition coefficient (Wildman–Crippen LogP) is 13.8. The van der Waals surface area contributed by atoms with Crippen molar-refractivity contribution in [1.29, 1.82) is 0 Å². The van der Waals surface area contributed by atoms with Gasteiger partial charge < -0.3 is 0 Å². The van der Waals surface area contributed by atoms with Crippen molar-refractivity contribution >= 4 is 44.0 Å². The molecule has 0 aromatic carbocycles. The van der Waals surface area contributed by atoms with Crippen LogP contribution in [-0.4, -0.2) is 5.75 Å². The summed E-state index contributed by atoms with van der Waals surface area (Å²) in [5.74, 6) is 2.22. The van der Waals surface area contributed by atoms with Crippen LogP contribution in [0.3, 0.4) is 0 Å². The highest BCUT2D eigenvalue weighted by molar-refractivity contribution is 8.35. The normalized spacial score (nSPS) is 15.4. The van der Waals surface area contributed by atoms with E-state index in [1.807, 2.05) is 0 Å². The topological polar surface area (TPSA) is 0 Å². The number of thiophene rings is 3. The molecule has 0 fully saturated rings. The van der Waals surface area contributed by atoms with E-state index in [2.05, 4.69) is 92.9 Å². The van der Waals surface area contributed by atoms with Crippen molar-refractivity contribution in [2.75, 3.05) is 5.75 Å². The highest BCUT2D eigenvalue weighted by atomic mass is 32.3. The number of unbranched alkanes of at least 4 members (excludes halogenated alkanes) is 10. The largest absolute Gasteiger partial charge is 0.148 e. The van der Waals surface area contributed by atoms with Gasteiger partial charge in [-0.3, -0.25) is 0 Å². The Bertz CT molecular complexity index is 1080. The van der Waals surface area contributed by atoms with Crippen LogP contribution in [0, 0.1) is 19.8 Å². The summed E-state index contributed by atoms with van der Waals surface area (Å²) in [5, 5.41) is 0. The molecule has 1 aliphatic heterocycles. The van der Waals surface area contributed by atoms with Crippen LogP contribution in [0.5, 0.6) is 0 Å². The molecule has 0 aliphatic carbocycles. The molecule has 0 saturated heterocycles. The number of rotatable bonds is 19. The Morgan fingerprint density at radius 1 is 0.615 bits per heavy atom. The molecule has 0 N–H and O–H groups in total. The fourth-order valence-corrected chi connectivity index (χ4v) is 16.3. The monoisotopic (exact) mass is 602 g/mol. The third-order valence-electron chi connectivity index (χ3n) is 8.52. The van der Waals surface area contributed by atoms with E-state index in [1.165, 1.54) is 118 Å². The van der Waals surface area contributed by atoms with E-state index in [9.17, 15) is 0 Å². The van der Waals surface area contributed by atoms with Crippen molar-refractivity contribution in [3.63, 3.8) is 0 Å². The van der Waals surface area contributed by atoms with Crippen molar-refractivity contribution in [3.8, 4) is 9.75 Å². The van der Waals surface area contributed by atoms with Crippen LogP contribution in [-0.2, 0) is 6.42 Å². The van der Waals surface area contributed by atoms with Gasteiger partial charge in [0.1, 0.15) is 0 Å². The Hall–Kier alpha value is -0.550. The number of fused-ring (bicyclic) bond motifs is 3. The fourth-order valence-electron chi connectivity index (χ4n) is 6.38. The second-order valence-electron chi connectivity index (χ2n) is 12.0. The molecule has 4 heteroatoms. The van der Waals surface area contributed by atoms with Crippen LogP contribution in [0.15, 0.2) is 38.3 Å². The van der Waals surface area contributed by atoms with Crippen molar-refractivity contribution in [2.24, 2.45) is 5.92 Å². The van der Waals surface area contributed by atoms with Gasteiger partial charge >= 0.3 is 0 Å². The predicted molar refractivity (Wildman–Crippen MR) is 182 cm³/mol. The van der Waals surface area contributed by atoms with Gasteiger partial charge in [0, 0.05) is 24.4 Å². The van der Waals surface area contributed by atoms with E-state index in [0.29, 0.717) is 0 Å². The second kappa shape index (κ2) is 15.6. The molecule has 39 heavy (non-hydrogen) atoms. The lowest BCUT2D eigenvalue weighted by atomic mass is 9.96. The Balaban J connectivity index is 1.67. The Morgan fingerprint density at radius 3 is 1.72 bits per heavy atom. The minimum absolute atomic E-state index is 0.841. The van der Waals surface area contributed by atoms with E-state index in [1.54, 1.807) is 28.6 Å². The second-order valence-corrected chi connectivity index (χ2v) is 19.0. The summed E-state index contributed by atoms with van der Waals surface area (Å²) < 4.78 is 1.71. The van der Waals surface area contributed by atoms with Crippen molar-refractivity contribution in [1.82, 2.24) is 0 Å². The van der Waals surface area contributed by atoms with Crippen LogP contribution in [0.25, 0.3) is 9.75 Å². The molecule has 4 heterocycles. The van der Waals surface area contributed by atoms with Gasteiger partial charge in [-0.05, 0) is 75.5 Å². The number of hydrogen-bond acceptors (Lipinski definition) is 3. The Labute approximate surface area is 254 Å². The van der Waals surface area contributed by atoms with Gasteiger partial charge in [0.25, 0.3) is 0 Å². The summed E-state index contributed by atoms with van der Waals surface area (Å²) in [4.78, 5) is 11.3. The van der Waals surface area contributed by atoms with Gasteiger partial charge in [0.05, 0.1) is 14.0 Å². The van der Waals surface area contributed by atoms with Gasteiger partial charge in [-0.25, -0.2) is 0 Å². The van der Waals surface area contributed by atoms with Crippen molar-refractivity contribution in [2.45, 2.75) is 151 Å². The van der Waals surface area contributed by atoms with E-state index < -0.39 is 10.0 Å². The van der Waals surface area contributed by atoms with Crippen molar-refractivity contribution < 1.29 is 0 Å². The molecule has 0 radical (unpaired) electrons. The summed E-state index contributed by atoms with van der Waals surface area (Å²) in [6, 6.07) is 10.3. The molecule has 1 unspecified atom stereocenters. The van der Waals surface area contributed by atoms with E-state index in [0.717, 1.165) is 5.92 Å².